The van der Waals surface area contributed by atoms with Crippen LogP contribution in [0.5, 0.6) is 11.5 Å². The van der Waals surface area contributed by atoms with Gasteiger partial charge in [0.05, 0.1) is 6.10 Å². The zero-order valence-electron chi connectivity index (χ0n) is 11.4. The third kappa shape index (κ3) is 3.62. The highest BCUT2D eigenvalue weighted by molar-refractivity contribution is 5.32. The van der Waals surface area contributed by atoms with E-state index >= 15 is 0 Å². The summed E-state index contributed by atoms with van der Waals surface area (Å²) in [6.45, 7) is 0.723. The smallest absolute Gasteiger partial charge is 0.202 e. The molecule has 1 heterocycles. The quantitative estimate of drug-likeness (QED) is 0.663. The van der Waals surface area contributed by atoms with Crippen LogP contribution < -0.4 is 9.62 Å². The van der Waals surface area contributed by atoms with E-state index in [0.717, 1.165) is 31.6 Å². The van der Waals surface area contributed by atoms with Gasteiger partial charge in [-0.25, -0.2) is 0 Å². The first kappa shape index (κ1) is 13.7. The van der Waals surface area contributed by atoms with Crippen molar-refractivity contribution in [1.82, 2.24) is 0 Å². The fraction of sp³-hybridized carbons (Fsp3) is 0.600. The van der Waals surface area contributed by atoms with Gasteiger partial charge in [-0.2, -0.15) is 4.89 Å². The Hall–Kier alpha value is -1.30. The highest BCUT2D eigenvalue weighted by Gasteiger charge is 2.29. The van der Waals surface area contributed by atoms with Gasteiger partial charge in [-0.05, 0) is 25.0 Å². The molecule has 20 heavy (non-hydrogen) atoms. The molecule has 1 aliphatic heterocycles. The molecule has 0 radical (unpaired) electrons. The molecule has 1 atom stereocenters. The fourth-order valence-electron chi connectivity index (χ4n) is 2.32. The number of rotatable bonds is 5. The zero-order chi connectivity index (χ0) is 13.8. The van der Waals surface area contributed by atoms with Crippen molar-refractivity contribution < 1.29 is 24.4 Å². The topological polar surface area (TPSA) is 57.2 Å². The van der Waals surface area contributed by atoms with Crippen LogP contribution in [-0.2, 0) is 9.62 Å². The number of aliphatic hydroxyl groups is 1. The molecule has 1 saturated heterocycles. The summed E-state index contributed by atoms with van der Waals surface area (Å²) in [6.07, 6.45) is 4.02. The summed E-state index contributed by atoms with van der Waals surface area (Å²) in [4.78, 5) is 10.6. The number of ether oxygens (including phenoxy) is 2. The molecule has 1 aromatic carbocycles. The highest BCUT2D eigenvalue weighted by Crippen LogP contribution is 2.28. The normalized spacial score (nSPS) is 29.6. The van der Waals surface area contributed by atoms with Crippen LogP contribution in [0.3, 0.4) is 0 Å². The van der Waals surface area contributed by atoms with E-state index in [2.05, 4.69) is 0 Å². The molecular formula is C15H20O5. The third-order valence-electron chi connectivity index (χ3n) is 3.57. The summed E-state index contributed by atoms with van der Waals surface area (Å²) in [5.74, 6) is 1.32. The Balaban J connectivity index is 1.48. The highest BCUT2D eigenvalue weighted by atomic mass is 17.2. The van der Waals surface area contributed by atoms with Crippen LogP contribution >= 0.6 is 0 Å². The van der Waals surface area contributed by atoms with Gasteiger partial charge in [0.25, 0.3) is 0 Å². The van der Waals surface area contributed by atoms with E-state index in [0.29, 0.717) is 18.6 Å². The maximum atomic E-state index is 9.24. The maximum Gasteiger partial charge on any atom is 0.202 e. The SMILES string of the molecule is OC1CC(Oc2cccc(OOC3CCCCO3)c2)C1. The minimum absolute atomic E-state index is 0.0999. The third-order valence-corrected chi connectivity index (χ3v) is 3.57. The van der Waals surface area contributed by atoms with Gasteiger partial charge < -0.3 is 19.5 Å². The minimum Gasteiger partial charge on any atom is -0.490 e. The van der Waals surface area contributed by atoms with Gasteiger partial charge >= 0.3 is 0 Å². The van der Waals surface area contributed by atoms with Crippen molar-refractivity contribution >= 4 is 0 Å². The summed E-state index contributed by atoms with van der Waals surface area (Å²) >= 11 is 0. The minimum atomic E-state index is -0.282. The molecule has 1 aromatic rings. The molecule has 0 spiro atoms. The predicted molar refractivity (Wildman–Crippen MR) is 71.4 cm³/mol. The number of aliphatic hydroxyl groups excluding tert-OH is 1. The summed E-state index contributed by atoms with van der Waals surface area (Å²) in [6, 6.07) is 7.32. The van der Waals surface area contributed by atoms with Gasteiger partial charge in [-0.1, -0.05) is 6.07 Å². The van der Waals surface area contributed by atoms with E-state index in [9.17, 15) is 5.11 Å². The number of hydrogen-bond acceptors (Lipinski definition) is 5. The van der Waals surface area contributed by atoms with Crippen LogP contribution in [-0.4, -0.2) is 30.2 Å². The lowest BCUT2D eigenvalue weighted by atomic mass is 9.92. The van der Waals surface area contributed by atoms with Crippen LogP contribution in [0.25, 0.3) is 0 Å². The molecule has 2 fully saturated rings. The van der Waals surface area contributed by atoms with Crippen molar-refractivity contribution in [2.45, 2.75) is 50.6 Å². The Bertz CT molecular complexity index is 424. The predicted octanol–water partition coefficient (Wildman–Crippen LogP) is 2.43. The number of hydrogen-bond donors (Lipinski definition) is 1. The van der Waals surface area contributed by atoms with Crippen LogP contribution in [0.15, 0.2) is 24.3 Å². The Labute approximate surface area is 118 Å². The molecule has 0 amide bonds. The number of benzene rings is 1. The molecular weight excluding hydrogens is 260 g/mol. The second-order valence-corrected chi connectivity index (χ2v) is 5.32. The van der Waals surface area contributed by atoms with Gasteiger partial charge in [0.15, 0.2) is 5.75 Å². The summed E-state index contributed by atoms with van der Waals surface area (Å²) < 4.78 is 11.2. The van der Waals surface area contributed by atoms with E-state index in [1.807, 2.05) is 18.2 Å². The lowest BCUT2D eigenvalue weighted by molar-refractivity contribution is -0.327. The van der Waals surface area contributed by atoms with Crippen molar-refractivity contribution in [3.63, 3.8) is 0 Å². The van der Waals surface area contributed by atoms with Gasteiger partial charge in [0.2, 0.25) is 6.29 Å². The van der Waals surface area contributed by atoms with Crippen LogP contribution in [0.1, 0.15) is 32.1 Å². The van der Waals surface area contributed by atoms with E-state index in [1.165, 1.54) is 0 Å². The van der Waals surface area contributed by atoms with Crippen LogP contribution in [0.4, 0.5) is 0 Å². The van der Waals surface area contributed by atoms with Crippen molar-refractivity contribution in [2.75, 3.05) is 6.61 Å². The molecule has 0 aromatic heterocycles. The maximum absolute atomic E-state index is 9.24. The average Bonchev–Trinajstić information content (AvgIpc) is 2.45. The van der Waals surface area contributed by atoms with Gasteiger partial charge in [0.1, 0.15) is 11.9 Å². The first-order valence-electron chi connectivity index (χ1n) is 7.19. The molecule has 1 saturated carbocycles. The summed E-state index contributed by atoms with van der Waals surface area (Å²) in [5.41, 5.74) is 0. The average molecular weight is 280 g/mol. The molecule has 110 valence electrons. The lowest BCUT2D eigenvalue weighted by Gasteiger charge is -2.31. The zero-order valence-corrected chi connectivity index (χ0v) is 11.4. The molecule has 2 aliphatic rings. The van der Waals surface area contributed by atoms with Crippen molar-refractivity contribution in [2.24, 2.45) is 0 Å². The fourth-order valence-corrected chi connectivity index (χ4v) is 2.32. The van der Waals surface area contributed by atoms with E-state index in [4.69, 9.17) is 19.2 Å². The van der Waals surface area contributed by atoms with E-state index in [-0.39, 0.29) is 18.5 Å². The molecule has 1 N–H and O–H groups in total. The van der Waals surface area contributed by atoms with Crippen molar-refractivity contribution in [3.8, 4) is 11.5 Å². The standard InChI is InChI=1S/C15H20O5/c16-11-8-14(9-11)18-12-4-3-5-13(10-12)19-20-15-6-1-2-7-17-15/h3-5,10-11,14-16H,1-2,6-9H2. The second kappa shape index (κ2) is 6.43. The molecule has 0 bridgehead atoms. The lowest BCUT2D eigenvalue weighted by Crippen LogP contribution is -2.37. The molecule has 3 rings (SSSR count). The Morgan fingerprint density at radius 1 is 1.15 bits per heavy atom. The van der Waals surface area contributed by atoms with Gasteiger partial charge in [-0.15, -0.1) is 0 Å². The molecule has 5 nitrogen and oxygen atoms in total. The van der Waals surface area contributed by atoms with Crippen LogP contribution in [0, 0.1) is 0 Å². The van der Waals surface area contributed by atoms with Crippen LogP contribution in [0.2, 0.25) is 0 Å². The van der Waals surface area contributed by atoms with Gasteiger partial charge in [-0.3, -0.25) is 0 Å². The second-order valence-electron chi connectivity index (χ2n) is 5.32. The monoisotopic (exact) mass is 280 g/mol. The Kier molecular flexibility index (Phi) is 4.40. The molecule has 5 heteroatoms. The first-order chi connectivity index (χ1) is 9.79. The van der Waals surface area contributed by atoms with Crippen molar-refractivity contribution in [1.29, 1.82) is 0 Å². The Morgan fingerprint density at radius 3 is 2.75 bits per heavy atom. The molecule has 1 unspecified atom stereocenters. The summed E-state index contributed by atoms with van der Waals surface area (Å²) in [5, 5.41) is 9.24. The molecule has 1 aliphatic carbocycles. The van der Waals surface area contributed by atoms with E-state index < -0.39 is 0 Å². The largest absolute Gasteiger partial charge is 0.490 e. The summed E-state index contributed by atoms with van der Waals surface area (Å²) in [7, 11) is 0. The first-order valence-corrected chi connectivity index (χ1v) is 7.19. The Morgan fingerprint density at radius 2 is 2.00 bits per heavy atom. The van der Waals surface area contributed by atoms with E-state index in [1.54, 1.807) is 6.07 Å². The van der Waals surface area contributed by atoms with Gasteiger partial charge in [0, 0.05) is 31.9 Å². The van der Waals surface area contributed by atoms with Crippen molar-refractivity contribution in [3.05, 3.63) is 24.3 Å².